The van der Waals surface area contributed by atoms with E-state index in [0.29, 0.717) is 24.8 Å². The lowest BCUT2D eigenvalue weighted by Gasteiger charge is -2.12. The van der Waals surface area contributed by atoms with Crippen LogP contribution in [0.2, 0.25) is 0 Å². The van der Waals surface area contributed by atoms with Crippen molar-refractivity contribution in [3.8, 4) is 0 Å². The molecule has 1 aliphatic heterocycles. The molecule has 2 atom stereocenters. The van der Waals surface area contributed by atoms with E-state index in [-0.39, 0.29) is 11.9 Å². The molecule has 0 aromatic carbocycles. The minimum atomic E-state index is 0.142. The molecule has 92 valence electrons. The Kier molecular flexibility index (Phi) is 4.18. The maximum absolute atomic E-state index is 11.5. The molecule has 4 nitrogen and oxygen atoms in total. The Morgan fingerprint density at radius 2 is 2.25 bits per heavy atom. The largest absolute Gasteiger partial charge is 0.381 e. The highest BCUT2D eigenvalue weighted by molar-refractivity contribution is 5.75. The van der Waals surface area contributed by atoms with Gasteiger partial charge < -0.3 is 15.8 Å². The van der Waals surface area contributed by atoms with E-state index < -0.39 is 0 Å². The van der Waals surface area contributed by atoms with Gasteiger partial charge in [0.25, 0.3) is 0 Å². The SMILES string of the molecule is NC(CNC(=O)CCC1CCOC1)C1CC1. The number of hydrogen-bond acceptors (Lipinski definition) is 3. The molecule has 2 fully saturated rings. The third-order valence-corrected chi connectivity index (χ3v) is 3.57. The number of ether oxygens (including phenoxy) is 1. The van der Waals surface area contributed by atoms with Gasteiger partial charge in [-0.25, -0.2) is 0 Å². The van der Waals surface area contributed by atoms with Gasteiger partial charge in [0.2, 0.25) is 5.91 Å². The summed E-state index contributed by atoms with van der Waals surface area (Å²) in [5.74, 6) is 1.38. The smallest absolute Gasteiger partial charge is 0.220 e. The fourth-order valence-electron chi connectivity index (χ4n) is 2.16. The fourth-order valence-corrected chi connectivity index (χ4v) is 2.16. The van der Waals surface area contributed by atoms with Gasteiger partial charge >= 0.3 is 0 Å². The summed E-state index contributed by atoms with van der Waals surface area (Å²) in [7, 11) is 0. The topological polar surface area (TPSA) is 64.3 Å². The van der Waals surface area contributed by atoms with Crippen molar-refractivity contribution < 1.29 is 9.53 Å². The predicted octanol–water partition coefficient (Wildman–Crippen LogP) is 0.657. The summed E-state index contributed by atoms with van der Waals surface area (Å²) in [6.07, 6.45) is 5.14. The van der Waals surface area contributed by atoms with Crippen LogP contribution in [0.3, 0.4) is 0 Å². The maximum Gasteiger partial charge on any atom is 0.220 e. The Hall–Kier alpha value is -0.610. The molecular weight excluding hydrogens is 204 g/mol. The van der Waals surface area contributed by atoms with E-state index in [1.165, 1.54) is 12.8 Å². The molecule has 4 heteroatoms. The van der Waals surface area contributed by atoms with E-state index in [9.17, 15) is 4.79 Å². The summed E-state index contributed by atoms with van der Waals surface area (Å²) < 4.78 is 5.28. The molecule has 1 saturated heterocycles. The highest BCUT2D eigenvalue weighted by Gasteiger charge is 2.28. The molecule has 3 N–H and O–H groups in total. The first-order valence-electron chi connectivity index (χ1n) is 6.35. The van der Waals surface area contributed by atoms with E-state index in [1.54, 1.807) is 0 Å². The van der Waals surface area contributed by atoms with Crippen LogP contribution in [0.5, 0.6) is 0 Å². The van der Waals surface area contributed by atoms with Crippen molar-refractivity contribution in [1.29, 1.82) is 0 Å². The van der Waals surface area contributed by atoms with Crippen molar-refractivity contribution in [2.24, 2.45) is 17.6 Å². The van der Waals surface area contributed by atoms with Crippen LogP contribution in [0.4, 0.5) is 0 Å². The number of nitrogens with two attached hydrogens (primary N) is 1. The highest BCUT2D eigenvalue weighted by atomic mass is 16.5. The Morgan fingerprint density at radius 1 is 1.44 bits per heavy atom. The molecule has 0 aromatic rings. The number of carbonyl (C=O) groups excluding carboxylic acids is 1. The molecule has 0 spiro atoms. The lowest BCUT2D eigenvalue weighted by atomic mass is 10.0. The monoisotopic (exact) mass is 226 g/mol. The molecule has 0 aromatic heterocycles. The summed E-state index contributed by atoms with van der Waals surface area (Å²) in [5.41, 5.74) is 5.91. The standard InChI is InChI=1S/C12H22N2O2/c13-11(10-2-3-10)7-14-12(15)4-1-9-5-6-16-8-9/h9-11H,1-8,13H2,(H,14,15). The molecule has 1 amide bonds. The quantitative estimate of drug-likeness (QED) is 0.699. The fraction of sp³-hybridized carbons (Fsp3) is 0.917. The third-order valence-electron chi connectivity index (χ3n) is 3.57. The number of rotatable bonds is 6. The normalized spacial score (nSPS) is 26.7. The van der Waals surface area contributed by atoms with E-state index in [0.717, 1.165) is 26.1 Å². The number of carbonyl (C=O) groups is 1. The number of nitrogens with one attached hydrogen (secondary N) is 1. The molecule has 1 saturated carbocycles. The van der Waals surface area contributed by atoms with Gasteiger partial charge in [-0.3, -0.25) is 4.79 Å². The first kappa shape index (κ1) is 11.9. The Labute approximate surface area is 96.9 Å². The molecule has 2 aliphatic rings. The molecule has 0 bridgehead atoms. The van der Waals surface area contributed by atoms with Gasteiger partial charge in [-0.05, 0) is 37.5 Å². The molecule has 1 aliphatic carbocycles. The van der Waals surface area contributed by atoms with E-state index >= 15 is 0 Å². The van der Waals surface area contributed by atoms with Crippen LogP contribution >= 0.6 is 0 Å². The molecule has 2 rings (SSSR count). The Bertz CT molecular complexity index is 227. The average molecular weight is 226 g/mol. The molecule has 1 heterocycles. The second kappa shape index (κ2) is 5.64. The first-order valence-corrected chi connectivity index (χ1v) is 6.35. The van der Waals surface area contributed by atoms with Crippen molar-refractivity contribution >= 4 is 5.91 Å². The van der Waals surface area contributed by atoms with Gasteiger partial charge in [0.15, 0.2) is 0 Å². The predicted molar refractivity (Wildman–Crippen MR) is 61.9 cm³/mol. The van der Waals surface area contributed by atoms with Crippen molar-refractivity contribution in [1.82, 2.24) is 5.32 Å². The third kappa shape index (κ3) is 3.76. The average Bonchev–Trinajstić information content (AvgIpc) is 3.01. The van der Waals surface area contributed by atoms with E-state index in [2.05, 4.69) is 5.32 Å². The minimum absolute atomic E-state index is 0.142. The van der Waals surface area contributed by atoms with Crippen molar-refractivity contribution in [3.05, 3.63) is 0 Å². The van der Waals surface area contributed by atoms with Gasteiger partial charge in [0.05, 0.1) is 0 Å². The first-order chi connectivity index (χ1) is 7.75. The second-order valence-corrected chi connectivity index (χ2v) is 5.07. The van der Waals surface area contributed by atoms with E-state index in [1.807, 2.05) is 0 Å². The molecule has 2 unspecified atom stereocenters. The Morgan fingerprint density at radius 3 is 2.88 bits per heavy atom. The zero-order valence-electron chi connectivity index (χ0n) is 9.78. The van der Waals surface area contributed by atoms with Crippen LogP contribution in [-0.4, -0.2) is 31.7 Å². The van der Waals surface area contributed by atoms with Crippen LogP contribution in [0.1, 0.15) is 32.1 Å². The van der Waals surface area contributed by atoms with Gasteiger partial charge in [0.1, 0.15) is 0 Å². The Balaban J connectivity index is 1.53. The molecular formula is C12H22N2O2. The molecule has 16 heavy (non-hydrogen) atoms. The zero-order chi connectivity index (χ0) is 11.4. The summed E-state index contributed by atoms with van der Waals surface area (Å²) in [6, 6.07) is 0.166. The van der Waals surface area contributed by atoms with Crippen LogP contribution in [0.15, 0.2) is 0 Å². The summed E-state index contributed by atoms with van der Waals surface area (Å²) >= 11 is 0. The maximum atomic E-state index is 11.5. The second-order valence-electron chi connectivity index (χ2n) is 5.07. The van der Waals surface area contributed by atoms with Gasteiger partial charge in [-0.1, -0.05) is 0 Å². The zero-order valence-corrected chi connectivity index (χ0v) is 9.78. The van der Waals surface area contributed by atoms with Crippen molar-refractivity contribution in [2.75, 3.05) is 19.8 Å². The van der Waals surface area contributed by atoms with Gasteiger partial charge in [0, 0.05) is 32.2 Å². The van der Waals surface area contributed by atoms with Crippen LogP contribution < -0.4 is 11.1 Å². The molecule has 0 radical (unpaired) electrons. The van der Waals surface area contributed by atoms with Crippen LogP contribution in [0.25, 0.3) is 0 Å². The van der Waals surface area contributed by atoms with Crippen molar-refractivity contribution in [2.45, 2.75) is 38.1 Å². The van der Waals surface area contributed by atoms with Gasteiger partial charge in [-0.2, -0.15) is 0 Å². The van der Waals surface area contributed by atoms with E-state index in [4.69, 9.17) is 10.5 Å². The summed E-state index contributed by atoms with van der Waals surface area (Å²) in [5, 5.41) is 2.92. The van der Waals surface area contributed by atoms with Crippen LogP contribution in [0, 0.1) is 11.8 Å². The lowest BCUT2D eigenvalue weighted by molar-refractivity contribution is -0.121. The summed E-state index contributed by atoms with van der Waals surface area (Å²) in [4.78, 5) is 11.5. The van der Waals surface area contributed by atoms with Crippen molar-refractivity contribution in [3.63, 3.8) is 0 Å². The number of hydrogen-bond donors (Lipinski definition) is 2. The van der Waals surface area contributed by atoms with Crippen LogP contribution in [-0.2, 0) is 9.53 Å². The lowest BCUT2D eigenvalue weighted by Crippen LogP contribution is -2.38. The summed E-state index contributed by atoms with van der Waals surface area (Å²) in [6.45, 7) is 2.33. The minimum Gasteiger partial charge on any atom is -0.381 e. The number of amides is 1. The van der Waals surface area contributed by atoms with Gasteiger partial charge in [-0.15, -0.1) is 0 Å². The highest BCUT2D eigenvalue weighted by Crippen LogP contribution is 2.31.